The summed E-state index contributed by atoms with van der Waals surface area (Å²) in [4.78, 5) is 10.6. The van der Waals surface area contributed by atoms with Crippen molar-refractivity contribution in [3.63, 3.8) is 0 Å². The molecule has 0 bridgehead atoms. The zero-order valence-corrected chi connectivity index (χ0v) is 8.31. The Labute approximate surface area is 84.8 Å². The first-order valence-corrected chi connectivity index (χ1v) is 4.67. The van der Waals surface area contributed by atoms with Crippen molar-refractivity contribution in [2.45, 2.75) is 13.3 Å². The summed E-state index contributed by atoms with van der Waals surface area (Å²) < 4.78 is 0. The van der Waals surface area contributed by atoms with E-state index in [4.69, 9.17) is 0 Å². The summed E-state index contributed by atoms with van der Waals surface area (Å²) in [5.74, 6) is 0.189. The van der Waals surface area contributed by atoms with E-state index in [2.05, 4.69) is 0 Å². The normalized spacial score (nSPS) is 11.2. The smallest absolute Gasteiger partial charge is 0.133 e. The van der Waals surface area contributed by atoms with E-state index in [0.29, 0.717) is 6.42 Å². The Morgan fingerprint density at radius 1 is 1.21 bits per heavy atom. The summed E-state index contributed by atoms with van der Waals surface area (Å²) in [7, 11) is 0. The summed E-state index contributed by atoms with van der Waals surface area (Å²) in [6, 6.07) is 10.1. The molecule has 0 N–H and O–H groups in total. The Balaban J connectivity index is 2.42. The van der Waals surface area contributed by atoms with Gasteiger partial charge >= 0.3 is 0 Å². The fourth-order valence-electron chi connectivity index (χ4n) is 1.04. The first-order valence-electron chi connectivity index (χ1n) is 4.67. The van der Waals surface area contributed by atoms with Crippen molar-refractivity contribution >= 4 is 11.9 Å². The molecule has 72 valence electrons. The summed E-state index contributed by atoms with van der Waals surface area (Å²) in [6.45, 7) is 1.59. The van der Waals surface area contributed by atoms with Crippen LogP contribution in [0.3, 0.4) is 0 Å². The van der Waals surface area contributed by atoms with Crippen LogP contribution in [0.5, 0.6) is 0 Å². The molecule has 0 aliphatic heterocycles. The predicted octanol–water partition coefficient (Wildman–Crippen LogP) is 3.24. The monoisotopic (exact) mass is 186 g/mol. The lowest BCUT2D eigenvalue weighted by molar-refractivity contribution is -0.116. The molecule has 0 unspecified atom stereocenters. The molecule has 0 aliphatic rings. The number of allylic oxidation sites excluding steroid dienone is 3. The third-order valence-corrected chi connectivity index (χ3v) is 1.74. The molecule has 1 aromatic carbocycles. The molecule has 1 rings (SSSR count). The Kier molecular flexibility index (Phi) is 4.42. The van der Waals surface area contributed by atoms with Gasteiger partial charge in [-0.2, -0.15) is 0 Å². The van der Waals surface area contributed by atoms with Crippen molar-refractivity contribution < 1.29 is 4.79 Å². The van der Waals surface area contributed by atoms with E-state index in [9.17, 15) is 4.79 Å². The topological polar surface area (TPSA) is 17.1 Å². The second-order valence-electron chi connectivity index (χ2n) is 3.10. The maximum atomic E-state index is 10.6. The first kappa shape index (κ1) is 10.5. The average Bonchev–Trinajstić information content (AvgIpc) is 2.18. The molecular weight excluding hydrogens is 172 g/mol. The molecule has 0 amide bonds. The van der Waals surface area contributed by atoms with Crippen molar-refractivity contribution in [3.8, 4) is 0 Å². The zero-order chi connectivity index (χ0) is 10.2. The van der Waals surface area contributed by atoms with Gasteiger partial charge in [0.2, 0.25) is 0 Å². The van der Waals surface area contributed by atoms with E-state index in [1.807, 2.05) is 54.6 Å². The molecule has 0 aromatic heterocycles. The van der Waals surface area contributed by atoms with Gasteiger partial charge in [-0.25, -0.2) is 0 Å². The van der Waals surface area contributed by atoms with Gasteiger partial charge in [0, 0.05) is 6.42 Å². The maximum Gasteiger partial charge on any atom is 0.133 e. The highest BCUT2D eigenvalue weighted by Crippen LogP contribution is 2.00. The molecule has 1 nitrogen and oxygen atoms in total. The third-order valence-electron chi connectivity index (χ3n) is 1.74. The molecule has 0 spiro atoms. The van der Waals surface area contributed by atoms with Crippen molar-refractivity contribution in [1.82, 2.24) is 0 Å². The highest BCUT2D eigenvalue weighted by atomic mass is 16.1. The number of carbonyl (C=O) groups excluding carboxylic acids is 1. The van der Waals surface area contributed by atoms with Gasteiger partial charge in [-0.05, 0) is 12.5 Å². The summed E-state index contributed by atoms with van der Waals surface area (Å²) >= 11 is 0. The molecule has 0 radical (unpaired) electrons. The fourth-order valence-corrected chi connectivity index (χ4v) is 1.04. The molecule has 1 heteroatoms. The maximum absolute atomic E-state index is 10.6. The SMILES string of the molecule is CC(=O)C/C=C/C=C/c1ccccc1. The Morgan fingerprint density at radius 2 is 1.93 bits per heavy atom. The highest BCUT2D eigenvalue weighted by molar-refractivity contribution is 5.77. The van der Waals surface area contributed by atoms with Crippen molar-refractivity contribution in [1.29, 1.82) is 0 Å². The minimum Gasteiger partial charge on any atom is -0.300 e. The largest absolute Gasteiger partial charge is 0.300 e. The van der Waals surface area contributed by atoms with Crippen LogP contribution in [0.1, 0.15) is 18.9 Å². The lowest BCUT2D eigenvalue weighted by Crippen LogP contribution is -1.83. The van der Waals surface area contributed by atoms with Gasteiger partial charge in [-0.15, -0.1) is 0 Å². The Hall–Kier alpha value is -1.63. The average molecular weight is 186 g/mol. The van der Waals surface area contributed by atoms with E-state index in [-0.39, 0.29) is 5.78 Å². The van der Waals surface area contributed by atoms with Crippen LogP contribution in [-0.2, 0) is 4.79 Å². The van der Waals surface area contributed by atoms with Gasteiger partial charge in [-0.1, -0.05) is 54.6 Å². The molecule has 1 aromatic rings. The summed E-state index contributed by atoms with van der Waals surface area (Å²) in [5, 5.41) is 0. The van der Waals surface area contributed by atoms with Gasteiger partial charge in [0.05, 0.1) is 0 Å². The number of carbonyl (C=O) groups is 1. The van der Waals surface area contributed by atoms with Gasteiger partial charge < -0.3 is 0 Å². The van der Waals surface area contributed by atoms with Gasteiger partial charge in [-0.3, -0.25) is 4.79 Å². The van der Waals surface area contributed by atoms with E-state index >= 15 is 0 Å². The second-order valence-corrected chi connectivity index (χ2v) is 3.10. The van der Waals surface area contributed by atoms with Crippen LogP contribution in [0.15, 0.2) is 48.6 Å². The first-order chi connectivity index (χ1) is 6.79. The van der Waals surface area contributed by atoms with Crippen LogP contribution in [0, 0.1) is 0 Å². The van der Waals surface area contributed by atoms with Crippen LogP contribution >= 0.6 is 0 Å². The van der Waals surface area contributed by atoms with Gasteiger partial charge in [0.25, 0.3) is 0 Å². The minimum atomic E-state index is 0.189. The third kappa shape index (κ3) is 4.41. The Morgan fingerprint density at radius 3 is 2.57 bits per heavy atom. The summed E-state index contributed by atoms with van der Waals surface area (Å²) in [6.07, 6.45) is 8.23. The number of rotatable bonds is 4. The molecule has 0 fully saturated rings. The molecule has 0 heterocycles. The highest BCUT2D eigenvalue weighted by Gasteiger charge is 1.83. The number of hydrogen-bond acceptors (Lipinski definition) is 1. The minimum absolute atomic E-state index is 0.189. The quantitative estimate of drug-likeness (QED) is 0.660. The molecule has 0 atom stereocenters. The van der Waals surface area contributed by atoms with E-state index < -0.39 is 0 Å². The number of Topliss-reactive ketones (excluding diaryl/α,β-unsaturated/α-hetero) is 1. The van der Waals surface area contributed by atoms with Crippen LogP contribution in [-0.4, -0.2) is 5.78 Å². The van der Waals surface area contributed by atoms with Crippen molar-refractivity contribution in [2.75, 3.05) is 0 Å². The standard InChI is InChI=1S/C13H14O/c1-12(14)8-4-2-5-9-13-10-6-3-7-11-13/h2-7,9-11H,8H2,1H3/b4-2+,9-5+. The van der Waals surface area contributed by atoms with Crippen LogP contribution < -0.4 is 0 Å². The van der Waals surface area contributed by atoms with E-state index in [1.165, 1.54) is 5.56 Å². The van der Waals surface area contributed by atoms with Gasteiger partial charge in [0.1, 0.15) is 5.78 Å². The predicted molar refractivity (Wildman–Crippen MR) is 59.9 cm³/mol. The number of ketones is 1. The molecule has 0 saturated heterocycles. The Bertz CT molecular complexity index is 334. The molecular formula is C13H14O. The van der Waals surface area contributed by atoms with Gasteiger partial charge in [0.15, 0.2) is 0 Å². The van der Waals surface area contributed by atoms with Crippen LogP contribution in [0.4, 0.5) is 0 Å². The van der Waals surface area contributed by atoms with E-state index in [1.54, 1.807) is 6.92 Å². The summed E-state index contributed by atoms with van der Waals surface area (Å²) in [5.41, 5.74) is 1.17. The lowest BCUT2D eigenvalue weighted by Gasteiger charge is -1.88. The van der Waals surface area contributed by atoms with Crippen molar-refractivity contribution in [2.24, 2.45) is 0 Å². The van der Waals surface area contributed by atoms with Crippen LogP contribution in [0.25, 0.3) is 6.08 Å². The van der Waals surface area contributed by atoms with Crippen molar-refractivity contribution in [3.05, 3.63) is 54.1 Å². The second kappa shape index (κ2) is 5.92. The van der Waals surface area contributed by atoms with E-state index in [0.717, 1.165) is 0 Å². The molecule has 0 aliphatic carbocycles. The fraction of sp³-hybridized carbons (Fsp3) is 0.154. The number of hydrogen-bond donors (Lipinski definition) is 0. The lowest BCUT2D eigenvalue weighted by atomic mass is 10.2. The molecule has 14 heavy (non-hydrogen) atoms. The van der Waals surface area contributed by atoms with Crippen LogP contribution in [0.2, 0.25) is 0 Å². The molecule has 0 saturated carbocycles. The zero-order valence-electron chi connectivity index (χ0n) is 8.31. The number of benzene rings is 1.